The van der Waals surface area contributed by atoms with E-state index in [4.69, 9.17) is 0 Å². The van der Waals surface area contributed by atoms with Gasteiger partial charge in [-0.1, -0.05) is 85.1 Å². The highest BCUT2D eigenvalue weighted by atomic mass is 79.9. The van der Waals surface area contributed by atoms with Crippen LogP contribution in [0.25, 0.3) is 0 Å². The van der Waals surface area contributed by atoms with Gasteiger partial charge in [0.25, 0.3) is 10.0 Å². The maximum atomic E-state index is 14.0. The highest BCUT2D eigenvalue weighted by Crippen LogP contribution is 2.27. The molecule has 1 atom stereocenters. The van der Waals surface area contributed by atoms with Gasteiger partial charge in [0.15, 0.2) is 0 Å². The van der Waals surface area contributed by atoms with Crippen molar-refractivity contribution in [1.29, 1.82) is 0 Å². The van der Waals surface area contributed by atoms with E-state index in [9.17, 15) is 18.0 Å². The van der Waals surface area contributed by atoms with Crippen LogP contribution in [0.15, 0.2) is 82.2 Å². The first-order chi connectivity index (χ1) is 19.4. The predicted octanol–water partition coefficient (Wildman–Crippen LogP) is 6.41. The second-order valence-corrected chi connectivity index (χ2v) is 13.3. The third-order valence-corrected chi connectivity index (χ3v) is 9.32. The van der Waals surface area contributed by atoms with Crippen LogP contribution in [0.4, 0.5) is 5.69 Å². The third-order valence-electron chi connectivity index (χ3n) is 7.00. The number of hydrogen-bond donors (Lipinski definition) is 1. The van der Waals surface area contributed by atoms with E-state index in [1.54, 1.807) is 43.3 Å². The summed E-state index contributed by atoms with van der Waals surface area (Å²) in [6.07, 6.45) is 1.76. The molecule has 0 heterocycles. The molecule has 0 aliphatic rings. The van der Waals surface area contributed by atoms with E-state index >= 15 is 0 Å². The molecule has 41 heavy (non-hydrogen) atoms. The molecule has 0 spiro atoms. The van der Waals surface area contributed by atoms with Crippen LogP contribution in [0.5, 0.6) is 0 Å². The summed E-state index contributed by atoms with van der Waals surface area (Å²) in [5.74, 6) is -0.492. The lowest BCUT2D eigenvalue weighted by Gasteiger charge is -2.32. The Morgan fingerprint density at radius 3 is 2.07 bits per heavy atom. The van der Waals surface area contributed by atoms with Gasteiger partial charge < -0.3 is 10.2 Å². The summed E-state index contributed by atoms with van der Waals surface area (Å²) < 4.78 is 30.0. The highest BCUT2D eigenvalue weighted by molar-refractivity contribution is 9.10. The van der Waals surface area contributed by atoms with Crippen molar-refractivity contribution in [3.05, 3.63) is 94.0 Å². The van der Waals surface area contributed by atoms with Crippen molar-refractivity contribution in [2.75, 3.05) is 17.4 Å². The number of anilines is 1. The lowest BCUT2D eigenvalue weighted by molar-refractivity contribution is -0.139. The summed E-state index contributed by atoms with van der Waals surface area (Å²) in [7, 11) is -4.10. The van der Waals surface area contributed by atoms with Crippen LogP contribution < -0.4 is 9.62 Å². The van der Waals surface area contributed by atoms with Crippen LogP contribution in [0.3, 0.4) is 0 Å². The molecule has 3 aromatic rings. The molecule has 0 fully saturated rings. The van der Waals surface area contributed by atoms with Gasteiger partial charge >= 0.3 is 0 Å². The lowest BCUT2D eigenvalue weighted by atomic mass is 10.0. The number of hydrogen-bond acceptors (Lipinski definition) is 4. The van der Waals surface area contributed by atoms with E-state index < -0.39 is 28.5 Å². The number of carbonyl (C=O) groups excluding carboxylic acids is 2. The van der Waals surface area contributed by atoms with E-state index in [0.29, 0.717) is 12.2 Å². The van der Waals surface area contributed by atoms with Crippen molar-refractivity contribution in [3.8, 4) is 0 Å². The molecular formula is C32H40BrN3O4S. The Kier molecular flexibility index (Phi) is 11.5. The number of rotatable bonds is 13. The molecule has 0 aliphatic carbocycles. The number of nitrogens with one attached hydrogen (secondary N) is 1. The maximum Gasteiger partial charge on any atom is 0.264 e. The van der Waals surface area contributed by atoms with Gasteiger partial charge in [0, 0.05) is 17.6 Å². The largest absolute Gasteiger partial charge is 0.354 e. The zero-order chi connectivity index (χ0) is 30.2. The van der Waals surface area contributed by atoms with Crippen LogP contribution >= 0.6 is 15.9 Å². The summed E-state index contributed by atoms with van der Waals surface area (Å²) in [4.78, 5) is 28.6. The summed E-state index contributed by atoms with van der Waals surface area (Å²) >= 11 is 3.43. The molecule has 0 radical (unpaired) electrons. The predicted molar refractivity (Wildman–Crippen MR) is 168 cm³/mol. The Morgan fingerprint density at radius 2 is 1.51 bits per heavy atom. The topological polar surface area (TPSA) is 86.8 Å². The van der Waals surface area contributed by atoms with Crippen molar-refractivity contribution < 1.29 is 18.0 Å². The molecule has 2 amide bonds. The minimum Gasteiger partial charge on any atom is -0.354 e. The van der Waals surface area contributed by atoms with E-state index in [2.05, 4.69) is 35.1 Å². The normalized spacial score (nSPS) is 12.2. The van der Waals surface area contributed by atoms with Crippen molar-refractivity contribution in [2.45, 2.75) is 70.9 Å². The van der Waals surface area contributed by atoms with Gasteiger partial charge in [-0.3, -0.25) is 13.9 Å². The number of benzene rings is 3. The number of unbranched alkanes of at least 4 members (excludes halogenated alkanes) is 1. The average molecular weight is 643 g/mol. The van der Waals surface area contributed by atoms with Gasteiger partial charge in [-0.15, -0.1) is 0 Å². The van der Waals surface area contributed by atoms with Crippen LogP contribution in [-0.4, -0.2) is 44.3 Å². The van der Waals surface area contributed by atoms with Gasteiger partial charge in [-0.2, -0.15) is 0 Å². The molecule has 0 unspecified atom stereocenters. The summed E-state index contributed by atoms with van der Waals surface area (Å²) in [6.45, 7) is 9.92. The molecule has 1 N–H and O–H groups in total. The van der Waals surface area contributed by atoms with Crippen LogP contribution in [0.1, 0.15) is 63.1 Å². The van der Waals surface area contributed by atoms with Gasteiger partial charge in [0.05, 0.1) is 10.6 Å². The fourth-order valence-corrected chi connectivity index (χ4v) is 5.98. The number of sulfonamides is 1. The summed E-state index contributed by atoms with van der Waals surface area (Å²) in [6, 6.07) is 20.5. The van der Waals surface area contributed by atoms with Gasteiger partial charge in [-0.05, 0) is 73.7 Å². The van der Waals surface area contributed by atoms with Gasteiger partial charge in [-0.25, -0.2) is 8.42 Å². The van der Waals surface area contributed by atoms with Crippen molar-refractivity contribution >= 4 is 43.5 Å². The second-order valence-electron chi connectivity index (χ2n) is 10.5. The van der Waals surface area contributed by atoms with E-state index in [1.165, 1.54) is 4.90 Å². The minimum absolute atomic E-state index is 0.0913. The molecule has 7 nitrogen and oxygen atoms in total. The number of amides is 2. The first-order valence-electron chi connectivity index (χ1n) is 13.9. The monoisotopic (exact) mass is 641 g/mol. The average Bonchev–Trinajstić information content (AvgIpc) is 2.95. The Hall–Kier alpha value is -3.17. The molecule has 0 aliphatic heterocycles. The number of halogens is 1. The van der Waals surface area contributed by atoms with Crippen molar-refractivity contribution in [3.63, 3.8) is 0 Å². The molecule has 0 saturated carbocycles. The zero-order valence-electron chi connectivity index (χ0n) is 24.4. The minimum atomic E-state index is -4.10. The zero-order valence-corrected chi connectivity index (χ0v) is 26.8. The maximum absolute atomic E-state index is 14.0. The highest BCUT2D eigenvalue weighted by Gasteiger charge is 2.32. The van der Waals surface area contributed by atoms with Crippen LogP contribution in [0.2, 0.25) is 0 Å². The molecule has 220 valence electrons. The third kappa shape index (κ3) is 8.66. The first kappa shape index (κ1) is 32.3. The Balaban J connectivity index is 2.01. The summed E-state index contributed by atoms with van der Waals surface area (Å²) in [5, 5.41) is 2.90. The quantitative estimate of drug-likeness (QED) is 0.219. The van der Waals surface area contributed by atoms with E-state index in [1.807, 2.05) is 50.2 Å². The molecule has 0 bridgehead atoms. The molecule has 0 aromatic heterocycles. The number of aryl methyl sites for hydroxylation is 1. The summed E-state index contributed by atoms with van der Waals surface area (Å²) in [5.41, 5.74) is 3.19. The second kappa shape index (κ2) is 14.6. The molecule has 9 heteroatoms. The SMILES string of the molecule is CCCCNC(=O)[C@H](C)N(Cc1ccc(Br)cc1)C(=O)CN(c1ccc(C(C)C)cc1)S(=O)(=O)c1ccc(C)cc1. The Bertz CT molecular complexity index is 1410. The Morgan fingerprint density at radius 1 is 0.902 bits per heavy atom. The Labute approximate surface area is 253 Å². The van der Waals surface area contributed by atoms with E-state index in [-0.39, 0.29) is 23.3 Å². The van der Waals surface area contributed by atoms with Gasteiger partial charge in [0.1, 0.15) is 12.6 Å². The number of nitrogens with zero attached hydrogens (tertiary/aromatic N) is 2. The number of carbonyl (C=O) groups is 2. The van der Waals surface area contributed by atoms with Crippen LogP contribution in [-0.2, 0) is 26.2 Å². The van der Waals surface area contributed by atoms with E-state index in [0.717, 1.165) is 38.3 Å². The van der Waals surface area contributed by atoms with Crippen molar-refractivity contribution in [1.82, 2.24) is 10.2 Å². The molecule has 3 aromatic carbocycles. The lowest BCUT2D eigenvalue weighted by Crippen LogP contribution is -2.51. The van der Waals surface area contributed by atoms with Crippen molar-refractivity contribution in [2.24, 2.45) is 0 Å². The van der Waals surface area contributed by atoms with Crippen LogP contribution in [0, 0.1) is 6.92 Å². The first-order valence-corrected chi connectivity index (χ1v) is 16.2. The fraction of sp³-hybridized carbons (Fsp3) is 0.375. The molecule has 3 rings (SSSR count). The molecular weight excluding hydrogens is 602 g/mol. The van der Waals surface area contributed by atoms with Gasteiger partial charge in [0.2, 0.25) is 11.8 Å². The molecule has 0 saturated heterocycles. The fourth-order valence-electron chi connectivity index (χ4n) is 4.30. The standard InChI is InChI=1S/C32H40BrN3O4S/c1-6-7-20-34-32(38)25(5)35(21-26-10-14-28(33)15-11-26)31(37)22-36(29-16-12-27(13-17-29)23(2)3)41(39,40)30-18-8-24(4)9-19-30/h8-19,23,25H,6-7,20-22H2,1-5H3,(H,34,38)/t25-/m0/s1. The smallest absolute Gasteiger partial charge is 0.264 e.